The van der Waals surface area contributed by atoms with Crippen LogP contribution in [0.1, 0.15) is 48.9 Å². The van der Waals surface area contributed by atoms with Gasteiger partial charge in [-0.1, -0.05) is 68.5 Å². The predicted octanol–water partition coefficient (Wildman–Crippen LogP) is 6.37. The van der Waals surface area contributed by atoms with E-state index in [2.05, 4.69) is 68.2 Å². The van der Waals surface area contributed by atoms with Crippen LogP contribution in [0.3, 0.4) is 0 Å². The maximum absolute atomic E-state index is 9.38. The van der Waals surface area contributed by atoms with Crippen molar-refractivity contribution in [2.45, 2.75) is 33.1 Å². The number of unbranched alkanes of at least 4 members (excludes halogenated alkanes) is 1. The van der Waals surface area contributed by atoms with Crippen LogP contribution < -0.4 is 4.74 Å². The summed E-state index contributed by atoms with van der Waals surface area (Å²) in [5.41, 5.74) is 6.01. The minimum Gasteiger partial charge on any atom is -0.492 e. The molecule has 0 unspecified atom stereocenters. The molecule has 2 nitrogen and oxygen atoms in total. The molecule has 0 bridgehead atoms. The van der Waals surface area contributed by atoms with E-state index in [1.807, 2.05) is 24.3 Å². The van der Waals surface area contributed by atoms with Gasteiger partial charge in [-0.2, -0.15) is 5.26 Å². The highest BCUT2D eigenvalue weighted by Gasteiger charge is 2.04. The van der Waals surface area contributed by atoms with E-state index in [-0.39, 0.29) is 0 Å². The van der Waals surface area contributed by atoms with Gasteiger partial charge in [0.1, 0.15) is 11.8 Å². The second-order valence-electron chi connectivity index (χ2n) is 6.90. The molecule has 0 aromatic heterocycles. The largest absolute Gasteiger partial charge is 0.492 e. The van der Waals surface area contributed by atoms with E-state index in [9.17, 15) is 5.26 Å². The van der Waals surface area contributed by atoms with E-state index in [4.69, 9.17) is 4.74 Å². The molecule has 0 radical (unpaired) electrons. The molecule has 144 valence electrons. The van der Waals surface area contributed by atoms with Crippen LogP contribution in [-0.4, -0.2) is 6.61 Å². The third-order valence-electron chi connectivity index (χ3n) is 4.79. The summed E-state index contributed by atoms with van der Waals surface area (Å²) in [6, 6.07) is 24.6. The summed E-state index contributed by atoms with van der Waals surface area (Å²) in [4.78, 5) is 0. The van der Waals surface area contributed by atoms with Gasteiger partial charge < -0.3 is 4.74 Å². The molecule has 3 aromatic carbocycles. The van der Waals surface area contributed by atoms with Gasteiger partial charge in [-0.05, 0) is 59.9 Å². The summed E-state index contributed by atoms with van der Waals surface area (Å²) in [5.74, 6) is 6.96. The van der Waals surface area contributed by atoms with Crippen LogP contribution in [-0.2, 0) is 6.42 Å². The first-order valence-electron chi connectivity index (χ1n) is 10.1. The number of hydrogen-bond acceptors (Lipinski definition) is 2. The summed E-state index contributed by atoms with van der Waals surface area (Å²) >= 11 is 0. The number of rotatable bonds is 6. The van der Waals surface area contributed by atoms with Crippen LogP contribution in [0.2, 0.25) is 0 Å². The molecule has 0 amide bonds. The lowest BCUT2D eigenvalue weighted by atomic mass is 10.0. The van der Waals surface area contributed by atoms with Gasteiger partial charge in [0.25, 0.3) is 0 Å². The highest BCUT2D eigenvalue weighted by Crippen LogP contribution is 2.21. The second-order valence-corrected chi connectivity index (χ2v) is 6.90. The van der Waals surface area contributed by atoms with Crippen molar-refractivity contribution in [2.24, 2.45) is 0 Å². The van der Waals surface area contributed by atoms with Crippen LogP contribution in [0, 0.1) is 23.2 Å². The predicted molar refractivity (Wildman–Crippen MR) is 119 cm³/mol. The van der Waals surface area contributed by atoms with Crippen LogP contribution in [0.15, 0.2) is 66.7 Å². The zero-order valence-electron chi connectivity index (χ0n) is 17.0. The van der Waals surface area contributed by atoms with E-state index in [0.717, 1.165) is 30.4 Å². The summed E-state index contributed by atoms with van der Waals surface area (Å²) < 4.78 is 5.69. The minimum atomic E-state index is 0.527. The van der Waals surface area contributed by atoms with Crippen molar-refractivity contribution in [1.82, 2.24) is 0 Å². The van der Waals surface area contributed by atoms with Crippen LogP contribution in [0.25, 0.3) is 11.1 Å². The van der Waals surface area contributed by atoms with Gasteiger partial charge in [-0.25, -0.2) is 0 Å². The van der Waals surface area contributed by atoms with Crippen molar-refractivity contribution in [3.05, 3.63) is 89.0 Å². The summed E-state index contributed by atoms with van der Waals surface area (Å²) in [7, 11) is 0. The number of ether oxygens (including phenoxy) is 1. The SMILES string of the molecule is CCCCOc1ccc(C#Cc2ccc(-c3ccc(CC)cc3)cc2)cc1C#N. The fourth-order valence-corrected chi connectivity index (χ4v) is 2.97. The number of nitriles is 1. The van der Waals surface area contributed by atoms with Gasteiger partial charge in [0.15, 0.2) is 0 Å². The number of hydrogen-bond donors (Lipinski definition) is 0. The molecular weight excluding hydrogens is 354 g/mol. The van der Waals surface area contributed by atoms with Crippen molar-refractivity contribution in [2.75, 3.05) is 6.61 Å². The molecule has 0 aliphatic carbocycles. The van der Waals surface area contributed by atoms with Gasteiger partial charge >= 0.3 is 0 Å². The van der Waals surface area contributed by atoms with Crippen LogP contribution in [0.5, 0.6) is 5.75 Å². The monoisotopic (exact) mass is 379 g/mol. The first-order valence-corrected chi connectivity index (χ1v) is 10.1. The van der Waals surface area contributed by atoms with Crippen LogP contribution >= 0.6 is 0 Å². The lowest BCUT2D eigenvalue weighted by Gasteiger charge is -2.07. The third-order valence-corrected chi connectivity index (χ3v) is 4.79. The number of benzene rings is 3. The fourth-order valence-electron chi connectivity index (χ4n) is 2.97. The normalized spacial score (nSPS) is 9.97. The molecule has 0 fully saturated rings. The van der Waals surface area contributed by atoms with E-state index in [0.29, 0.717) is 17.9 Å². The van der Waals surface area contributed by atoms with Gasteiger partial charge in [0, 0.05) is 11.1 Å². The Kier molecular flexibility index (Phi) is 7.10. The first-order chi connectivity index (χ1) is 14.2. The minimum absolute atomic E-state index is 0.527. The Balaban J connectivity index is 1.73. The lowest BCUT2D eigenvalue weighted by molar-refractivity contribution is 0.308. The molecule has 29 heavy (non-hydrogen) atoms. The van der Waals surface area contributed by atoms with E-state index >= 15 is 0 Å². The summed E-state index contributed by atoms with van der Waals surface area (Å²) in [6.45, 7) is 4.90. The Morgan fingerprint density at radius 2 is 1.41 bits per heavy atom. The van der Waals surface area contributed by atoms with Crippen molar-refractivity contribution in [1.29, 1.82) is 5.26 Å². The highest BCUT2D eigenvalue weighted by molar-refractivity contribution is 5.65. The van der Waals surface area contributed by atoms with E-state index in [1.165, 1.54) is 16.7 Å². The average molecular weight is 380 g/mol. The molecular formula is C27H25NO. The van der Waals surface area contributed by atoms with Crippen molar-refractivity contribution >= 4 is 0 Å². The molecule has 0 atom stereocenters. The molecule has 0 saturated heterocycles. The molecule has 3 aromatic rings. The van der Waals surface area contributed by atoms with Crippen LogP contribution in [0.4, 0.5) is 0 Å². The second kappa shape index (κ2) is 10.2. The van der Waals surface area contributed by atoms with E-state index < -0.39 is 0 Å². The number of aryl methyl sites for hydroxylation is 1. The molecule has 0 N–H and O–H groups in total. The van der Waals surface area contributed by atoms with Gasteiger partial charge in [0.2, 0.25) is 0 Å². The number of nitrogens with zero attached hydrogens (tertiary/aromatic N) is 1. The summed E-state index contributed by atoms with van der Waals surface area (Å²) in [5, 5.41) is 9.38. The Morgan fingerprint density at radius 3 is 2.03 bits per heavy atom. The standard InChI is InChI=1S/C27H25NO/c1-3-5-18-29-27-17-12-23(19-26(27)20-28)7-6-22-10-15-25(16-11-22)24-13-8-21(4-2)9-14-24/h8-17,19H,3-5,18H2,1-2H3. The van der Waals surface area contributed by atoms with Gasteiger partial charge in [-0.15, -0.1) is 0 Å². The fraction of sp³-hybridized carbons (Fsp3) is 0.222. The van der Waals surface area contributed by atoms with Crippen molar-refractivity contribution in [3.8, 4) is 34.8 Å². The molecule has 0 saturated carbocycles. The Labute approximate surface area is 173 Å². The molecule has 0 aliphatic rings. The Hall–Kier alpha value is -3.49. The van der Waals surface area contributed by atoms with Gasteiger partial charge in [0.05, 0.1) is 12.2 Å². The zero-order valence-corrected chi connectivity index (χ0v) is 17.0. The van der Waals surface area contributed by atoms with Crippen molar-refractivity contribution in [3.63, 3.8) is 0 Å². The highest BCUT2D eigenvalue weighted by atomic mass is 16.5. The summed E-state index contributed by atoms with van der Waals surface area (Å²) in [6.07, 6.45) is 3.09. The maximum atomic E-state index is 9.38. The Bertz CT molecular complexity index is 1040. The van der Waals surface area contributed by atoms with Crippen molar-refractivity contribution < 1.29 is 4.74 Å². The third kappa shape index (κ3) is 5.50. The smallest absolute Gasteiger partial charge is 0.137 e. The quantitative estimate of drug-likeness (QED) is 0.368. The molecule has 0 aliphatic heterocycles. The first kappa shape index (κ1) is 20.2. The van der Waals surface area contributed by atoms with E-state index in [1.54, 1.807) is 6.07 Å². The zero-order chi connectivity index (χ0) is 20.5. The molecule has 0 spiro atoms. The molecule has 2 heteroatoms. The Morgan fingerprint density at radius 1 is 0.793 bits per heavy atom. The van der Waals surface area contributed by atoms with Gasteiger partial charge in [-0.3, -0.25) is 0 Å². The molecule has 0 heterocycles. The average Bonchev–Trinajstić information content (AvgIpc) is 2.79. The maximum Gasteiger partial charge on any atom is 0.137 e. The molecule has 3 rings (SSSR count). The lowest BCUT2D eigenvalue weighted by Crippen LogP contribution is -1.98. The topological polar surface area (TPSA) is 33.0 Å².